The van der Waals surface area contributed by atoms with E-state index in [2.05, 4.69) is 54.6 Å². The van der Waals surface area contributed by atoms with Gasteiger partial charge in [-0.2, -0.15) is 4.98 Å². The van der Waals surface area contributed by atoms with Crippen molar-refractivity contribution >= 4 is 5.82 Å². The van der Waals surface area contributed by atoms with Crippen molar-refractivity contribution in [3.63, 3.8) is 0 Å². The third-order valence-electron chi connectivity index (χ3n) is 7.18. The Bertz CT molecular complexity index is 999. The Morgan fingerprint density at radius 2 is 1.74 bits per heavy atom. The van der Waals surface area contributed by atoms with Crippen molar-refractivity contribution in [3.8, 4) is 0 Å². The van der Waals surface area contributed by atoms with Crippen molar-refractivity contribution in [3.05, 3.63) is 46.0 Å². The molecule has 0 bridgehead atoms. The molecule has 1 saturated heterocycles. The molecule has 186 valence electrons. The van der Waals surface area contributed by atoms with Crippen LogP contribution in [0.5, 0.6) is 0 Å². The molecule has 7 heteroatoms. The standard InChI is InChI=1S/C27H42N6O/c1-5-9-22-20-24(30-25(28-22)27(2,3)4)32-18-16-31(17-19-32)13-6-7-14-33-15-12-23(29-26(33)34)21-10-8-11-21/h12,15,20-21H,5-11,13-14,16-19H2,1-4H3. The zero-order valence-corrected chi connectivity index (χ0v) is 21.6. The summed E-state index contributed by atoms with van der Waals surface area (Å²) < 4.78 is 1.77. The topological polar surface area (TPSA) is 67.2 Å². The number of unbranched alkanes of at least 4 members (excludes halogenated alkanes) is 1. The highest BCUT2D eigenvalue weighted by Gasteiger charge is 2.23. The van der Waals surface area contributed by atoms with Gasteiger partial charge in [0.25, 0.3) is 0 Å². The molecule has 0 amide bonds. The van der Waals surface area contributed by atoms with Gasteiger partial charge in [-0.3, -0.25) is 9.47 Å². The van der Waals surface area contributed by atoms with E-state index in [0.29, 0.717) is 5.92 Å². The zero-order valence-electron chi connectivity index (χ0n) is 21.6. The van der Waals surface area contributed by atoms with E-state index < -0.39 is 0 Å². The highest BCUT2D eigenvalue weighted by Crippen LogP contribution is 2.34. The maximum atomic E-state index is 12.3. The summed E-state index contributed by atoms with van der Waals surface area (Å²) in [7, 11) is 0. The average Bonchev–Trinajstić information content (AvgIpc) is 2.76. The second kappa shape index (κ2) is 11.0. The molecule has 4 rings (SSSR count). The Hall–Kier alpha value is -2.28. The van der Waals surface area contributed by atoms with Gasteiger partial charge in [-0.05, 0) is 44.7 Å². The van der Waals surface area contributed by atoms with E-state index in [9.17, 15) is 4.79 Å². The maximum absolute atomic E-state index is 12.3. The molecule has 34 heavy (non-hydrogen) atoms. The lowest BCUT2D eigenvalue weighted by molar-refractivity contribution is 0.250. The van der Waals surface area contributed by atoms with Gasteiger partial charge in [0.2, 0.25) is 0 Å². The molecule has 0 aromatic carbocycles. The molecule has 1 aliphatic heterocycles. The van der Waals surface area contributed by atoms with Gasteiger partial charge < -0.3 is 4.90 Å². The summed E-state index contributed by atoms with van der Waals surface area (Å²) in [5.41, 5.74) is 2.02. The summed E-state index contributed by atoms with van der Waals surface area (Å²) in [6.45, 7) is 14.7. The fourth-order valence-electron chi connectivity index (χ4n) is 4.73. The third kappa shape index (κ3) is 6.23. The van der Waals surface area contributed by atoms with Crippen LogP contribution in [0.1, 0.15) is 89.4 Å². The van der Waals surface area contributed by atoms with Gasteiger partial charge in [0.15, 0.2) is 0 Å². The molecule has 0 spiro atoms. The van der Waals surface area contributed by atoms with E-state index >= 15 is 0 Å². The van der Waals surface area contributed by atoms with Crippen LogP contribution in [0.15, 0.2) is 23.1 Å². The van der Waals surface area contributed by atoms with E-state index in [-0.39, 0.29) is 11.1 Å². The number of aromatic nitrogens is 4. The second-order valence-corrected chi connectivity index (χ2v) is 11.0. The van der Waals surface area contributed by atoms with Crippen molar-refractivity contribution in [1.29, 1.82) is 0 Å². The lowest BCUT2D eigenvalue weighted by Gasteiger charge is -2.36. The van der Waals surface area contributed by atoms with Gasteiger partial charge in [-0.15, -0.1) is 0 Å². The molecule has 2 aromatic heterocycles. The molecule has 0 radical (unpaired) electrons. The molecule has 0 atom stereocenters. The molecule has 2 fully saturated rings. The molecule has 3 heterocycles. The number of hydrogen-bond donors (Lipinski definition) is 0. The predicted molar refractivity (Wildman–Crippen MR) is 138 cm³/mol. The summed E-state index contributed by atoms with van der Waals surface area (Å²) in [5.74, 6) is 2.54. The number of piperazine rings is 1. The van der Waals surface area contributed by atoms with Crippen molar-refractivity contribution in [2.75, 3.05) is 37.6 Å². The molecule has 1 saturated carbocycles. The number of anilines is 1. The maximum Gasteiger partial charge on any atom is 0.347 e. The van der Waals surface area contributed by atoms with Crippen LogP contribution < -0.4 is 10.6 Å². The fourth-order valence-corrected chi connectivity index (χ4v) is 4.73. The minimum Gasteiger partial charge on any atom is -0.354 e. The molecule has 1 aliphatic carbocycles. The first-order chi connectivity index (χ1) is 16.3. The van der Waals surface area contributed by atoms with Gasteiger partial charge in [0.1, 0.15) is 11.6 Å². The van der Waals surface area contributed by atoms with Gasteiger partial charge >= 0.3 is 5.69 Å². The lowest BCUT2D eigenvalue weighted by atomic mass is 9.83. The first kappa shape index (κ1) is 24.8. The molecule has 2 aliphatic rings. The average molecular weight is 467 g/mol. The monoisotopic (exact) mass is 466 g/mol. The summed E-state index contributed by atoms with van der Waals surface area (Å²) in [4.78, 5) is 31.4. The minimum absolute atomic E-state index is 0.0463. The summed E-state index contributed by atoms with van der Waals surface area (Å²) in [6.07, 6.45) is 9.77. The SMILES string of the molecule is CCCc1cc(N2CCN(CCCCn3ccc(C4CCC4)nc3=O)CC2)nc(C(C)(C)C)n1. The smallest absolute Gasteiger partial charge is 0.347 e. The molecular weight excluding hydrogens is 424 g/mol. The van der Waals surface area contributed by atoms with Gasteiger partial charge in [0.05, 0.1) is 5.69 Å². The number of hydrogen-bond acceptors (Lipinski definition) is 6. The molecule has 0 unspecified atom stereocenters. The summed E-state index contributed by atoms with van der Waals surface area (Å²) >= 11 is 0. The number of nitrogens with zero attached hydrogens (tertiary/aromatic N) is 6. The highest BCUT2D eigenvalue weighted by atomic mass is 16.1. The first-order valence-electron chi connectivity index (χ1n) is 13.3. The van der Waals surface area contributed by atoms with Crippen LogP contribution in [0, 0.1) is 0 Å². The Labute approximate surface area is 204 Å². The van der Waals surface area contributed by atoms with Crippen molar-refractivity contribution in [2.45, 2.75) is 90.5 Å². The van der Waals surface area contributed by atoms with E-state index in [4.69, 9.17) is 9.97 Å². The van der Waals surface area contributed by atoms with Crippen molar-refractivity contribution < 1.29 is 0 Å². The number of aryl methyl sites for hydroxylation is 2. The van der Waals surface area contributed by atoms with Gasteiger partial charge in [0, 0.05) is 62.0 Å². The lowest BCUT2D eigenvalue weighted by Crippen LogP contribution is -2.47. The zero-order chi connectivity index (χ0) is 24.1. The molecule has 2 aromatic rings. The number of rotatable bonds is 9. The second-order valence-electron chi connectivity index (χ2n) is 11.0. The Morgan fingerprint density at radius 3 is 2.35 bits per heavy atom. The molecule has 7 nitrogen and oxygen atoms in total. The van der Waals surface area contributed by atoms with Crippen LogP contribution in [-0.4, -0.2) is 57.1 Å². The first-order valence-corrected chi connectivity index (χ1v) is 13.3. The largest absolute Gasteiger partial charge is 0.354 e. The van der Waals surface area contributed by atoms with E-state index in [1.807, 2.05) is 6.20 Å². The Balaban J connectivity index is 1.24. The van der Waals surface area contributed by atoms with Crippen molar-refractivity contribution in [2.24, 2.45) is 0 Å². The molecular formula is C27H42N6O. The van der Waals surface area contributed by atoms with Gasteiger partial charge in [-0.25, -0.2) is 14.8 Å². The Morgan fingerprint density at radius 1 is 1.00 bits per heavy atom. The van der Waals surface area contributed by atoms with Crippen LogP contribution in [-0.2, 0) is 18.4 Å². The van der Waals surface area contributed by atoms with Gasteiger partial charge in [-0.1, -0.05) is 40.5 Å². The Kier molecular flexibility index (Phi) is 8.02. The highest BCUT2D eigenvalue weighted by molar-refractivity contribution is 5.41. The van der Waals surface area contributed by atoms with Crippen LogP contribution in [0.2, 0.25) is 0 Å². The van der Waals surface area contributed by atoms with E-state index in [0.717, 1.165) is 88.0 Å². The fraction of sp³-hybridized carbons (Fsp3) is 0.704. The van der Waals surface area contributed by atoms with E-state index in [1.165, 1.54) is 19.3 Å². The van der Waals surface area contributed by atoms with Crippen LogP contribution in [0.3, 0.4) is 0 Å². The van der Waals surface area contributed by atoms with E-state index in [1.54, 1.807) is 4.57 Å². The minimum atomic E-state index is -0.0834. The van der Waals surface area contributed by atoms with Crippen LogP contribution >= 0.6 is 0 Å². The van der Waals surface area contributed by atoms with Crippen LogP contribution in [0.4, 0.5) is 5.82 Å². The predicted octanol–water partition coefficient (Wildman–Crippen LogP) is 4.15. The third-order valence-corrected chi connectivity index (χ3v) is 7.18. The molecule has 0 N–H and O–H groups in total. The van der Waals surface area contributed by atoms with Crippen LogP contribution in [0.25, 0.3) is 0 Å². The quantitative estimate of drug-likeness (QED) is 0.517. The summed E-state index contributed by atoms with van der Waals surface area (Å²) in [6, 6.07) is 4.24. The van der Waals surface area contributed by atoms with Crippen molar-refractivity contribution in [1.82, 2.24) is 24.4 Å². The normalized spacial score (nSPS) is 17.7. The summed E-state index contributed by atoms with van der Waals surface area (Å²) in [5, 5.41) is 0.